The number of amides is 1. The molecule has 1 aromatic heterocycles. The van der Waals surface area contributed by atoms with E-state index in [-0.39, 0.29) is 24.2 Å². The lowest BCUT2D eigenvalue weighted by Crippen LogP contribution is -2.26. The number of nitrogens with one attached hydrogen (secondary N) is 1. The van der Waals surface area contributed by atoms with Gasteiger partial charge in [0.2, 0.25) is 5.82 Å². The van der Waals surface area contributed by atoms with Gasteiger partial charge in [-0.2, -0.15) is 4.98 Å². The first-order valence-corrected chi connectivity index (χ1v) is 10.7. The fraction of sp³-hybridized carbons (Fsp3) is 0.591. The Balaban J connectivity index is 0.00000420. The Kier molecular flexibility index (Phi) is 13.0. The average Bonchev–Trinajstić information content (AvgIpc) is 3.21. The highest BCUT2D eigenvalue weighted by atomic mass is 35.5. The predicted octanol–water partition coefficient (Wildman–Crippen LogP) is 4.92. The van der Waals surface area contributed by atoms with Gasteiger partial charge < -0.3 is 15.6 Å². The second-order valence-electron chi connectivity index (χ2n) is 7.24. The van der Waals surface area contributed by atoms with E-state index in [1.54, 1.807) is 0 Å². The van der Waals surface area contributed by atoms with Crippen LogP contribution in [0.5, 0.6) is 0 Å². The maximum absolute atomic E-state index is 11.9. The fourth-order valence-electron chi connectivity index (χ4n) is 3.10. The molecule has 29 heavy (non-hydrogen) atoms. The monoisotopic (exact) mass is 422 g/mol. The second-order valence-corrected chi connectivity index (χ2v) is 7.24. The zero-order chi connectivity index (χ0) is 20.0. The molecule has 0 radical (unpaired) electrons. The van der Waals surface area contributed by atoms with Crippen LogP contribution in [0.15, 0.2) is 28.8 Å². The number of unbranched alkanes of at least 4 members (excludes halogenated alkanes) is 7. The Labute approximate surface area is 180 Å². The smallest absolute Gasteiger partial charge is 0.316 e. The van der Waals surface area contributed by atoms with Crippen LogP contribution in [-0.4, -0.2) is 29.1 Å². The van der Waals surface area contributed by atoms with Crippen LogP contribution in [0, 0.1) is 0 Å². The van der Waals surface area contributed by atoms with Gasteiger partial charge in [-0.05, 0) is 31.4 Å². The van der Waals surface area contributed by atoms with Crippen molar-refractivity contribution in [2.45, 2.75) is 71.1 Å². The molecule has 0 saturated heterocycles. The normalized spacial score (nSPS) is 10.6. The van der Waals surface area contributed by atoms with Gasteiger partial charge in [0.25, 0.3) is 0 Å². The second kappa shape index (κ2) is 15.0. The zero-order valence-electron chi connectivity index (χ0n) is 17.5. The van der Waals surface area contributed by atoms with E-state index < -0.39 is 0 Å². The van der Waals surface area contributed by atoms with Crippen molar-refractivity contribution in [3.63, 3.8) is 0 Å². The molecule has 6 nitrogen and oxygen atoms in total. The summed E-state index contributed by atoms with van der Waals surface area (Å²) in [5.74, 6) is 0.0520. The van der Waals surface area contributed by atoms with Gasteiger partial charge in [0.1, 0.15) is 0 Å². The van der Waals surface area contributed by atoms with E-state index in [9.17, 15) is 4.79 Å². The minimum absolute atomic E-state index is 0. The quantitative estimate of drug-likeness (QED) is 0.421. The number of rotatable bonds is 14. The Bertz CT molecular complexity index is 688. The highest BCUT2D eigenvalue weighted by molar-refractivity contribution is 5.89. The van der Waals surface area contributed by atoms with Gasteiger partial charge in [-0.1, -0.05) is 81.3 Å². The summed E-state index contributed by atoms with van der Waals surface area (Å²) in [5, 5.41) is 6.62. The Morgan fingerprint density at radius 2 is 1.66 bits per heavy atom. The highest BCUT2D eigenvalue weighted by Crippen LogP contribution is 2.18. The van der Waals surface area contributed by atoms with Crippen molar-refractivity contribution in [2.24, 2.45) is 5.73 Å². The minimum atomic E-state index is -0.362. The largest absolute Gasteiger partial charge is 0.348 e. The number of aromatic nitrogens is 2. The van der Waals surface area contributed by atoms with Gasteiger partial charge in [0.05, 0.1) is 0 Å². The van der Waals surface area contributed by atoms with Crippen LogP contribution in [0.25, 0.3) is 11.4 Å². The van der Waals surface area contributed by atoms with Crippen molar-refractivity contribution in [1.29, 1.82) is 0 Å². The van der Waals surface area contributed by atoms with Gasteiger partial charge in [-0.15, -0.1) is 12.4 Å². The van der Waals surface area contributed by atoms with Crippen molar-refractivity contribution in [2.75, 3.05) is 13.1 Å². The van der Waals surface area contributed by atoms with Crippen LogP contribution in [0.4, 0.5) is 0 Å². The molecule has 1 amide bonds. The van der Waals surface area contributed by atoms with Gasteiger partial charge in [0, 0.05) is 12.1 Å². The van der Waals surface area contributed by atoms with E-state index in [0.717, 1.165) is 12.0 Å². The molecule has 0 fully saturated rings. The summed E-state index contributed by atoms with van der Waals surface area (Å²) in [6.07, 6.45) is 12.5. The molecular weight excluding hydrogens is 388 g/mol. The lowest BCUT2D eigenvalue weighted by atomic mass is 10.0. The summed E-state index contributed by atoms with van der Waals surface area (Å²) < 4.78 is 5.06. The SMILES string of the molecule is CCCCCCCCCCc1ccc(-c2noc(C(=O)NCCCN)n2)cc1.Cl. The maximum atomic E-state index is 11.9. The zero-order valence-corrected chi connectivity index (χ0v) is 18.3. The van der Waals surface area contributed by atoms with Gasteiger partial charge in [-0.25, -0.2) is 0 Å². The van der Waals surface area contributed by atoms with Crippen molar-refractivity contribution < 1.29 is 9.32 Å². The lowest BCUT2D eigenvalue weighted by molar-refractivity contribution is 0.0909. The molecule has 1 aromatic carbocycles. The van der Waals surface area contributed by atoms with Gasteiger partial charge in [0.15, 0.2) is 0 Å². The fourth-order valence-corrected chi connectivity index (χ4v) is 3.10. The molecule has 0 saturated carbocycles. The summed E-state index contributed by atoms with van der Waals surface area (Å²) in [5.41, 5.74) is 7.58. The van der Waals surface area contributed by atoms with E-state index >= 15 is 0 Å². The first-order chi connectivity index (χ1) is 13.7. The first kappa shape index (κ1) is 25.1. The molecule has 0 unspecified atom stereocenters. The van der Waals surface area contributed by atoms with E-state index in [1.165, 1.54) is 56.9 Å². The average molecular weight is 423 g/mol. The number of halogens is 1. The number of carbonyl (C=O) groups excluding carboxylic acids is 1. The molecule has 7 heteroatoms. The van der Waals surface area contributed by atoms with Crippen LogP contribution < -0.4 is 11.1 Å². The maximum Gasteiger partial charge on any atom is 0.316 e. The molecule has 0 aliphatic rings. The number of aryl methyl sites for hydroxylation is 1. The predicted molar refractivity (Wildman–Crippen MR) is 119 cm³/mol. The molecule has 2 aromatic rings. The minimum Gasteiger partial charge on any atom is -0.348 e. The summed E-state index contributed by atoms with van der Waals surface area (Å²) >= 11 is 0. The lowest BCUT2D eigenvalue weighted by Gasteiger charge is -2.03. The molecule has 0 spiro atoms. The third-order valence-electron chi connectivity index (χ3n) is 4.82. The van der Waals surface area contributed by atoms with Crippen LogP contribution in [0.2, 0.25) is 0 Å². The molecule has 0 atom stereocenters. The van der Waals surface area contributed by atoms with Crippen molar-refractivity contribution >= 4 is 18.3 Å². The number of nitrogens with zero attached hydrogens (tertiary/aromatic N) is 2. The standard InChI is InChI=1S/C22H34N4O2.ClH/c1-2-3-4-5-6-7-8-9-11-18-12-14-19(15-13-18)20-25-22(28-26-20)21(27)24-17-10-16-23;/h12-15H,2-11,16-17,23H2,1H3,(H,24,27);1H. The van der Waals surface area contributed by atoms with Crippen LogP contribution >= 0.6 is 12.4 Å². The molecule has 2 rings (SSSR count). The Morgan fingerprint density at radius 3 is 2.31 bits per heavy atom. The van der Waals surface area contributed by atoms with E-state index in [4.69, 9.17) is 10.3 Å². The molecular formula is C22H35ClN4O2. The highest BCUT2D eigenvalue weighted by Gasteiger charge is 2.15. The molecule has 3 N–H and O–H groups in total. The summed E-state index contributed by atoms with van der Waals surface area (Å²) in [4.78, 5) is 16.1. The number of benzene rings is 1. The van der Waals surface area contributed by atoms with E-state index in [2.05, 4.69) is 34.5 Å². The van der Waals surface area contributed by atoms with Crippen LogP contribution in [-0.2, 0) is 6.42 Å². The Hall–Kier alpha value is -1.92. The number of hydrogen-bond donors (Lipinski definition) is 2. The Morgan fingerprint density at radius 1 is 1.00 bits per heavy atom. The van der Waals surface area contributed by atoms with E-state index in [0.29, 0.717) is 25.3 Å². The molecule has 0 aliphatic heterocycles. The summed E-state index contributed by atoms with van der Waals surface area (Å²) in [7, 11) is 0. The number of carbonyl (C=O) groups is 1. The molecule has 0 bridgehead atoms. The van der Waals surface area contributed by atoms with Crippen LogP contribution in [0.3, 0.4) is 0 Å². The first-order valence-electron chi connectivity index (χ1n) is 10.7. The van der Waals surface area contributed by atoms with Crippen molar-refractivity contribution in [1.82, 2.24) is 15.5 Å². The third-order valence-corrected chi connectivity index (χ3v) is 4.82. The van der Waals surface area contributed by atoms with Gasteiger partial charge in [-0.3, -0.25) is 4.79 Å². The molecule has 162 valence electrons. The third kappa shape index (κ3) is 9.41. The van der Waals surface area contributed by atoms with E-state index in [1.807, 2.05) is 12.1 Å². The van der Waals surface area contributed by atoms with Crippen molar-refractivity contribution in [3.8, 4) is 11.4 Å². The number of nitrogens with two attached hydrogens (primary N) is 1. The number of hydrogen-bond acceptors (Lipinski definition) is 5. The van der Waals surface area contributed by atoms with Crippen molar-refractivity contribution in [3.05, 3.63) is 35.7 Å². The molecule has 0 aliphatic carbocycles. The molecule has 1 heterocycles. The van der Waals surface area contributed by atoms with Gasteiger partial charge >= 0.3 is 11.8 Å². The summed E-state index contributed by atoms with van der Waals surface area (Å²) in [6.45, 7) is 3.28. The summed E-state index contributed by atoms with van der Waals surface area (Å²) in [6, 6.07) is 8.18. The topological polar surface area (TPSA) is 94.0 Å². The van der Waals surface area contributed by atoms with Crippen LogP contribution in [0.1, 0.15) is 81.0 Å².